The Hall–Kier alpha value is -1.36. The predicted molar refractivity (Wildman–Crippen MR) is 38.4 cm³/mol. The number of nitrogens with one attached hydrogen (secondary N) is 1. The Balaban J connectivity index is 3.97. The van der Waals surface area contributed by atoms with Crippen LogP contribution in [0.4, 0.5) is 0 Å². The van der Waals surface area contributed by atoms with Crippen molar-refractivity contribution >= 4 is 11.8 Å². The van der Waals surface area contributed by atoms with E-state index in [1.807, 2.05) is 0 Å². The quantitative estimate of drug-likeness (QED) is 0.419. The lowest BCUT2D eigenvalue weighted by atomic mass is 10.3. The number of aliphatic hydroxyl groups excluding tert-OH is 1. The lowest BCUT2D eigenvalue weighted by Crippen LogP contribution is -2.46. The van der Waals surface area contributed by atoms with Crippen LogP contribution < -0.4 is 11.1 Å². The minimum Gasteiger partial charge on any atom is -0.394 e. The van der Waals surface area contributed by atoms with E-state index in [1.165, 1.54) is 0 Å². The van der Waals surface area contributed by atoms with Crippen molar-refractivity contribution in [3.8, 4) is 0 Å². The summed E-state index contributed by atoms with van der Waals surface area (Å²) in [5, 5.41) is 10.6. The molecule has 0 spiro atoms. The molecule has 5 nitrogen and oxygen atoms in total. The van der Waals surface area contributed by atoms with Crippen molar-refractivity contribution in [3.05, 3.63) is 12.7 Å². The van der Waals surface area contributed by atoms with E-state index >= 15 is 0 Å². The molecule has 5 heteroatoms. The van der Waals surface area contributed by atoms with Gasteiger partial charge in [-0.2, -0.15) is 0 Å². The molecular formula is C6H10N2O3. The first-order valence-corrected chi connectivity index (χ1v) is 2.95. The number of nitrogens with two attached hydrogens (primary N) is 1. The Labute approximate surface area is 63.9 Å². The number of hydrogen-bond acceptors (Lipinski definition) is 3. The van der Waals surface area contributed by atoms with Gasteiger partial charge in [0.25, 0.3) is 0 Å². The van der Waals surface area contributed by atoms with Gasteiger partial charge >= 0.3 is 0 Å². The minimum absolute atomic E-state index is 0.505. The average Bonchev–Trinajstić information content (AvgIpc) is 1.99. The fourth-order valence-corrected chi connectivity index (χ4v) is 0.437. The number of carbonyl (C=O) groups excluding carboxylic acids is 2. The summed E-state index contributed by atoms with van der Waals surface area (Å²) >= 11 is 0. The number of hydrogen-bond donors (Lipinski definition) is 3. The molecule has 0 saturated carbocycles. The van der Waals surface area contributed by atoms with E-state index in [4.69, 9.17) is 10.8 Å². The van der Waals surface area contributed by atoms with Gasteiger partial charge in [0.15, 0.2) is 0 Å². The van der Waals surface area contributed by atoms with Gasteiger partial charge in [0.05, 0.1) is 6.61 Å². The Kier molecular flexibility index (Phi) is 3.90. The van der Waals surface area contributed by atoms with Crippen LogP contribution in [-0.2, 0) is 9.59 Å². The summed E-state index contributed by atoms with van der Waals surface area (Å²) in [6.45, 7) is 2.66. The second-order valence-corrected chi connectivity index (χ2v) is 1.85. The van der Waals surface area contributed by atoms with Gasteiger partial charge in [-0.15, -0.1) is 0 Å². The topological polar surface area (TPSA) is 92.4 Å². The zero-order valence-electron chi connectivity index (χ0n) is 5.91. The SMILES string of the molecule is C=CC(=O)N[C@@H](CO)C(N)=O. The maximum absolute atomic E-state index is 10.5. The third-order valence-electron chi connectivity index (χ3n) is 1.03. The lowest BCUT2D eigenvalue weighted by molar-refractivity contribution is -0.125. The number of rotatable bonds is 4. The first-order valence-electron chi connectivity index (χ1n) is 2.95. The summed E-state index contributed by atoms with van der Waals surface area (Å²) in [6, 6.07) is -1.03. The molecule has 0 aromatic rings. The smallest absolute Gasteiger partial charge is 0.244 e. The van der Waals surface area contributed by atoms with Crippen molar-refractivity contribution in [2.75, 3.05) is 6.61 Å². The molecule has 0 aliphatic heterocycles. The van der Waals surface area contributed by atoms with Crippen LogP contribution in [0.2, 0.25) is 0 Å². The summed E-state index contributed by atoms with van der Waals surface area (Å²) < 4.78 is 0. The van der Waals surface area contributed by atoms with E-state index in [0.29, 0.717) is 0 Å². The largest absolute Gasteiger partial charge is 0.394 e. The van der Waals surface area contributed by atoms with Crippen LogP contribution in [0.5, 0.6) is 0 Å². The molecule has 0 aliphatic carbocycles. The number of primary amides is 1. The van der Waals surface area contributed by atoms with Crippen LogP contribution in [0.25, 0.3) is 0 Å². The highest BCUT2D eigenvalue weighted by molar-refractivity contribution is 5.92. The fourth-order valence-electron chi connectivity index (χ4n) is 0.437. The second kappa shape index (κ2) is 4.45. The van der Waals surface area contributed by atoms with Gasteiger partial charge < -0.3 is 16.2 Å². The van der Waals surface area contributed by atoms with E-state index < -0.39 is 24.5 Å². The van der Waals surface area contributed by atoms with E-state index in [0.717, 1.165) is 6.08 Å². The molecule has 0 heterocycles. The van der Waals surface area contributed by atoms with Gasteiger partial charge in [-0.25, -0.2) is 0 Å². The van der Waals surface area contributed by atoms with Crippen molar-refractivity contribution in [2.45, 2.75) is 6.04 Å². The molecule has 0 bridgehead atoms. The number of aliphatic hydroxyl groups is 1. The minimum atomic E-state index is -1.03. The molecule has 0 unspecified atom stereocenters. The monoisotopic (exact) mass is 158 g/mol. The highest BCUT2D eigenvalue weighted by Gasteiger charge is 2.14. The van der Waals surface area contributed by atoms with Gasteiger partial charge in [-0.05, 0) is 6.08 Å². The molecular weight excluding hydrogens is 148 g/mol. The average molecular weight is 158 g/mol. The van der Waals surface area contributed by atoms with Crippen LogP contribution in [0.15, 0.2) is 12.7 Å². The van der Waals surface area contributed by atoms with Gasteiger partial charge in [-0.1, -0.05) is 6.58 Å². The van der Waals surface area contributed by atoms with Gasteiger partial charge in [-0.3, -0.25) is 9.59 Å². The molecule has 2 amide bonds. The molecule has 0 rings (SSSR count). The summed E-state index contributed by atoms with van der Waals surface area (Å²) in [7, 11) is 0. The van der Waals surface area contributed by atoms with Gasteiger partial charge in [0, 0.05) is 0 Å². The summed E-state index contributed by atoms with van der Waals surface area (Å²) in [5.41, 5.74) is 4.80. The van der Waals surface area contributed by atoms with Crippen molar-refractivity contribution < 1.29 is 14.7 Å². The fraction of sp³-hybridized carbons (Fsp3) is 0.333. The van der Waals surface area contributed by atoms with Crippen molar-refractivity contribution in [3.63, 3.8) is 0 Å². The number of amides is 2. The summed E-state index contributed by atoms with van der Waals surface area (Å²) in [5.74, 6) is -1.31. The normalized spacial score (nSPS) is 11.7. The standard InChI is InChI=1S/C6H10N2O3/c1-2-5(10)8-4(3-9)6(7)11/h2,4,9H,1,3H2,(H2,7,11)(H,8,10)/t4-/m0/s1. The van der Waals surface area contributed by atoms with Gasteiger partial charge in [0.2, 0.25) is 11.8 Å². The molecule has 0 radical (unpaired) electrons. The Morgan fingerprint density at radius 3 is 2.55 bits per heavy atom. The zero-order valence-corrected chi connectivity index (χ0v) is 5.91. The Morgan fingerprint density at radius 1 is 1.73 bits per heavy atom. The third kappa shape index (κ3) is 3.36. The molecule has 1 atom stereocenters. The summed E-state index contributed by atoms with van der Waals surface area (Å²) in [6.07, 6.45) is 0.992. The van der Waals surface area contributed by atoms with Crippen LogP contribution >= 0.6 is 0 Å². The lowest BCUT2D eigenvalue weighted by Gasteiger charge is -2.09. The number of carbonyl (C=O) groups is 2. The van der Waals surface area contributed by atoms with Crippen LogP contribution in [0.1, 0.15) is 0 Å². The molecule has 0 fully saturated rings. The molecule has 0 saturated heterocycles. The maximum atomic E-state index is 10.5. The van der Waals surface area contributed by atoms with Gasteiger partial charge in [0.1, 0.15) is 6.04 Å². The van der Waals surface area contributed by atoms with Crippen molar-refractivity contribution in [1.82, 2.24) is 5.32 Å². The molecule has 0 aromatic heterocycles. The van der Waals surface area contributed by atoms with E-state index in [-0.39, 0.29) is 0 Å². The third-order valence-corrected chi connectivity index (χ3v) is 1.03. The Morgan fingerprint density at radius 2 is 2.27 bits per heavy atom. The molecule has 62 valence electrons. The maximum Gasteiger partial charge on any atom is 0.244 e. The van der Waals surface area contributed by atoms with Crippen LogP contribution in [-0.4, -0.2) is 29.6 Å². The predicted octanol–water partition coefficient (Wildman–Crippen LogP) is -1.87. The molecule has 11 heavy (non-hydrogen) atoms. The van der Waals surface area contributed by atoms with E-state index in [9.17, 15) is 9.59 Å². The highest BCUT2D eigenvalue weighted by atomic mass is 16.3. The van der Waals surface area contributed by atoms with Crippen molar-refractivity contribution in [2.24, 2.45) is 5.73 Å². The summed E-state index contributed by atoms with van der Waals surface area (Å²) in [4.78, 5) is 20.9. The van der Waals surface area contributed by atoms with Crippen molar-refractivity contribution in [1.29, 1.82) is 0 Å². The molecule has 4 N–H and O–H groups in total. The highest BCUT2D eigenvalue weighted by Crippen LogP contribution is 1.79. The first kappa shape index (κ1) is 9.64. The van der Waals surface area contributed by atoms with E-state index in [2.05, 4.69) is 11.9 Å². The zero-order chi connectivity index (χ0) is 8.85. The van der Waals surface area contributed by atoms with E-state index in [1.54, 1.807) is 0 Å². The molecule has 0 aliphatic rings. The molecule has 0 aromatic carbocycles. The second-order valence-electron chi connectivity index (χ2n) is 1.85. The van der Waals surface area contributed by atoms with Crippen LogP contribution in [0.3, 0.4) is 0 Å². The van der Waals surface area contributed by atoms with Crippen LogP contribution in [0, 0.1) is 0 Å². The first-order chi connectivity index (χ1) is 5.11. The Bertz CT molecular complexity index is 179.